The topological polar surface area (TPSA) is 78.4 Å². The van der Waals surface area contributed by atoms with E-state index in [1.165, 1.54) is 5.56 Å². The van der Waals surface area contributed by atoms with E-state index in [0.29, 0.717) is 23.3 Å². The van der Waals surface area contributed by atoms with E-state index in [9.17, 15) is 0 Å². The molecule has 3 aromatic carbocycles. The molecule has 53 heavy (non-hydrogen) atoms. The van der Waals surface area contributed by atoms with Crippen LogP contribution in [0.5, 0.6) is 28.7 Å². The summed E-state index contributed by atoms with van der Waals surface area (Å²) < 4.78 is 27.8. The summed E-state index contributed by atoms with van der Waals surface area (Å²) in [5.41, 5.74) is 8.60. The maximum Gasteiger partial charge on any atom is 0.203 e. The quantitative estimate of drug-likeness (QED) is 0.116. The molecule has 0 atom stereocenters. The first-order chi connectivity index (χ1) is 24.4. The predicted molar refractivity (Wildman–Crippen MR) is 220 cm³/mol. The molecule has 3 heterocycles. The summed E-state index contributed by atoms with van der Waals surface area (Å²) in [7, 11) is 8.28. The highest BCUT2D eigenvalue weighted by molar-refractivity contribution is 5.86. The van der Waals surface area contributed by atoms with E-state index >= 15 is 0 Å². The molecule has 0 N–H and O–H groups in total. The summed E-state index contributed by atoms with van der Waals surface area (Å²) in [5, 5.41) is 0. The number of likely N-dealkylation sites (tertiary alicyclic amines) is 1. The van der Waals surface area contributed by atoms with Crippen LogP contribution in [-0.2, 0) is 13.1 Å². The predicted octanol–water partition coefficient (Wildman–Crippen LogP) is 9.10. The Morgan fingerprint density at radius 1 is 0.660 bits per heavy atom. The molecule has 2 aromatic heterocycles. The highest BCUT2D eigenvalue weighted by atomic mass is 35.5. The molecule has 0 amide bonds. The standard InChI is InChI=1S/C41H46N4O5.3ClH/c1-28-7-8-31(21-38(28)47-3)37-20-29(13-16-43-37)26-44-17-14-35(15-18-44)45(34-9-11-36(46-2)12-10-34)27-30-19-33(25-42-24-30)32-22-39(48-4)41(50-6)40(23-32)49-5;;;/h7-13,16,19-25,35H,14-15,17-18,26-27H2,1-6H3;3*1H. The third-order valence-corrected chi connectivity index (χ3v) is 9.48. The number of piperidine rings is 1. The van der Waals surface area contributed by atoms with Crippen molar-refractivity contribution >= 4 is 42.9 Å². The van der Waals surface area contributed by atoms with Crippen LogP contribution >= 0.6 is 37.2 Å². The van der Waals surface area contributed by atoms with Crippen molar-refractivity contribution in [1.29, 1.82) is 0 Å². The Balaban J connectivity index is 0.00000252. The molecule has 0 unspecified atom stereocenters. The number of halogens is 3. The fourth-order valence-electron chi connectivity index (χ4n) is 6.74. The van der Waals surface area contributed by atoms with E-state index in [0.717, 1.165) is 89.7 Å². The molecule has 0 spiro atoms. The zero-order valence-electron chi connectivity index (χ0n) is 31.0. The molecule has 0 radical (unpaired) electrons. The van der Waals surface area contributed by atoms with Crippen molar-refractivity contribution in [2.75, 3.05) is 53.5 Å². The van der Waals surface area contributed by atoms with Crippen molar-refractivity contribution < 1.29 is 23.7 Å². The van der Waals surface area contributed by atoms with E-state index in [2.05, 4.69) is 75.2 Å². The zero-order chi connectivity index (χ0) is 35.0. The monoisotopic (exact) mass is 782 g/mol. The summed E-state index contributed by atoms with van der Waals surface area (Å²) in [4.78, 5) is 14.4. The Morgan fingerprint density at radius 3 is 1.94 bits per heavy atom. The molecule has 1 fully saturated rings. The number of anilines is 1. The van der Waals surface area contributed by atoms with Crippen molar-refractivity contribution in [1.82, 2.24) is 14.9 Å². The summed E-state index contributed by atoms with van der Waals surface area (Å²) >= 11 is 0. The number of pyridine rings is 2. The molecule has 12 heteroatoms. The Kier molecular flexibility index (Phi) is 16.4. The van der Waals surface area contributed by atoms with Crippen LogP contribution in [0.2, 0.25) is 0 Å². The molecule has 1 aliphatic heterocycles. The van der Waals surface area contributed by atoms with Gasteiger partial charge in [-0.25, -0.2) is 0 Å². The molecule has 284 valence electrons. The summed E-state index contributed by atoms with van der Waals surface area (Å²) in [6, 6.07) is 25.4. The smallest absolute Gasteiger partial charge is 0.203 e. The number of hydrogen-bond acceptors (Lipinski definition) is 9. The van der Waals surface area contributed by atoms with Gasteiger partial charge in [0, 0.05) is 67.6 Å². The van der Waals surface area contributed by atoms with Crippen molar-refractivity contribution in [2.45, 2.75) is 38.9 Å². The molecule has 1 aliphatic rings. The number of rotatable bonds is 13. The fourth-order valence-corrected chi connectivity index (χ4v) is 6.74. The van der Waals surface area contributed by atoms with Crippen molar-refractivity contribution in [3.63, 3.8) is 0 Å². The van der Waals surface area contributed by atoms with Crippen LogP contribution in [0, 0.1) is 6.92 Å². The number of ether oxygens (including phenoxy) is 5. The lowest BCUT2D eigenvalue weighted by molar-refractivity contribution is 0.201. The van der Waals surface area contributed by atoms with Crippen molar-refractivity contribution in [2.24, 2.45) is 0 Å². The number of methoxy groups -OCH3 is 5. The molecule has 0 aliphatic carbocycles. The minimum atomic E-state index is 0. The molecular formula is C41H49Cl3N4O5. The largest absolute Gasteiger partial charge is 0.497 e. The van der Waals surface area contributed by atoms with Gasteiger partial charge in [-0.2, -0.15) is 0 Å². The van der Waals surface area contributed by atoms with Crippen LogP contribution in [0.3, 0.4) is 0 Å². The Morgan fingerprint density at radius 2 is 1.32 bits per heavy atom. The molecule has 5 aromatic rings. The molecule has 6 rings (SSSR count). The number of aromatic nitrogens is 2. The Hall–Kier alpha value is -4.41. The van der Waals surface area contributed by atoms with Gasteiger partial charge in [0.2, 0.25) is 5.75 Å². The normalized spacial score (nSPS) is 12.7. The van der Waals surface area contributed by atoms with Gasteiger partial charge in [0.1, 0.15) is 11.5 Å². The number of aryl methyl sites for hydroxylation is 1. The second-order valence-electron chi connectivity index (χ2n) is 12.6. The molecule has 0 bridgehead atoms. The number of hydrogen-bond donors (Lipinski definition) is 0. The van der Waals surface area contributed by atoms with E-state index in [4.69, 9.17) is 23.7 Å². The fraction of sp³-hybridized carbons (Fsp3) is 0.317. The zero-order valence-corrected chi connectivity index (χ0v) is 33.5. The summed E-state index contributed by atoms with van der Waals surface area (Å²) in [5.74, 6) is 3.50. The van der Waals surface area contributed by atoms with Gasteiger partial charge in [-0.3, -0.25) is 14.9 Å². The van der Waals surface area contributed by atoms with Gasteiger partial charge in [0.05, 0.1) is 41.2 Å². The molecule has 9 nitrogen and oxygen atoms in total. The maximum atomic E-state index is 5.62. The third-order valence-electron chi connectivity index (χ3n) is 9.48. The highest BCUT2D eigenvalue weighted by Gasteiger charge is 2.26. The number of benzene rings is 3. The number of nitrogens with zero attached hydrogens (tertiary/aromatic N) is 4. The molecule has 0 saturated carbocycles. The first kappa shape index (κ1) is 43.0. The molecule has 1 saturated heterocycles. The first-order valence-corrected chi connectivity index (χ1v) is 16.9. The lowest BCUT2D eigenvalue weighted by Crippen LogP contribution is -2.44. The van der Waals surface area contributed by atoms with Gasteiger partial charge < -0.3 is 28.6 Å². The van der Waals surface area contributed by atoms with Crippen LogP contribution in [-0.4, -0.2) is 69.5 Å². The SMILES string of the molecule is COc1ccc(N(Cc2cncc(-c3cc(OC)c(OC)c(OC)c3)c2)C2CCN(Cc3ccnc(-c4ccc(C)c(OC)c4)c3)CC2)cc1.Cl.Cl.Cl. The summed E-state index contributed by atoms with van der Waals surface area (Å²) in [6.45, 7) is 5.65. The van der Waals surface area contributed by atoms with Gasteiger partial charge in [-0.15, -0.1) is 37.2 Å². The van der Waals surface area contributed by atoms with Gasteiger partial charge in [0.15, 0.2) is 11.5 Å². The van der Waals surface area contributed by atoms with Crippen LogP contribution in [0.15, 0.2) is 91.4 Å². The lowest BCUT2D eigenvalue weighted by atomic mass is 9.99. The van der Waals surface area contributed by atoms with E-state index in [-0.39, 0.29) is 37.2 Å². The Labute approximate surface area is 331 Å². The molecular weight excluding hydrogens is 735 g/mol. The lowest BCUT2D eigenvalue weighted by Gasteiger charge is -2.40. The Bertz CT molecular complexity index is 1880. The maximum absolute atomic E-state index is 5.62. The van der Waals surface area contributed by atoms with Gasteiger partial charge >= 0.3 is 0 Å². The highest BCUT2D eigenvalue weighted by Crippen LogP contribution is 2.41. The van der Waals surface area contributed by atoms with E-state index in [1.54, 1.807) is 35.5 Å². The van der Waals surface area contributed by atoms with Crippen LogP contribution in [0.4, 0.5) is 5.69 Å². The van der Waals surface area contributed by atoms with Crippen LogP contribution in [0.25, 0.3) is 22.4 Å². The average molecular weight is 784 g/mol. The van der Waals surface area contributed by atoms with Crippen molar-refractivity contribution in [3.05, 3.63) is 108 Å². The van der Waals surface area contributed by atoms with E-state index < -0.39 is 0 Å². The van der Waals surface area contributed by atoms with Crippen LogP contribution in [0.1, 0.15) is 29.5 Å². The van der Waals surface area contributed by atoms with Gasteiger partial charge in [-0.05, 0) is 103 Å². The van der Waals surface area contributed by atoms with Gasteiger partial charge in [-0.1, -0.05) is 12.1 Å². The van der Waals surface area contributed by atoms with Crippen molar-refractivity contribution in [3.8, 4) is 51.1 Å². The average Bonchev–Trinajstić information content (AvgIpc) is 3.17. The second-order valence-corrected chi connectivity index (χ2v) is 12.6. The minimum Gasteiger partial charge on any atom is -0.497 e. The summed E-state index contributed by atoms with van der Waals surface area (Å²) in [6.07, 6.45) is 7.83. The van der Waals surface area contributed by atoms with E-state index in [1.807, 2.05) is 42.9 Å². The minimum absolute atomic E-state index is 0. The van der Waals surface area contributed by atoms with Crippen LogP contribution < -0.4 is 28.6 Å². The van der Waals surface area contributed by atoms with Gasteiger partial charge in [0.25, 0.3) is 0 Å². The second kappa shape index (κ2) is 20.2. The first-order valence-electron chi connectivity index (χ1n) is 16.9. The third kappa shape index (κ3) is 10.2.